The van der Waals surface area contributed by atoms with Crippen LogP contribution in [-0.2, 0) is 4.79 Å². The first kappa shape index (κ1) is 38.6. The van der Waals surface area contributed by atoms with Gasteiger partial charge in [-0.15, -0.1) is 0 Å². The average Bonchev–Trinajstić information content (AvgIpc) is 2.86. The third-order valence-electron chi connectivity index (χ3n) is 8.90. The summed E-state index contributed by atoms with van der Waals surface area (Å²) in [6.45, 7) is 11.1. The summed E-state index contributed by atoms with van der Waals surface area (Å²) in [5, 5.41) is 12.5. The van der Waals surface area contributed by atoms with Crippen molar-refractivity contribution in [3.05, 3.63) is 0 Å². The number of hydrogen-bond donors (Lipinski definition) is 1. The molecule has 0 fully saturated rings. The van der Waals surface area contributed by atoms with Crippen LogP contribution in [0.4, 0.5) is 0 Å². The predicted molar refractivity (Wildman–Crippen MR) is 164 cm³/mol. The third-order valence-corrected chi connectivity index (χ3v) is 8.90. The van der Waals surface area contributed by atoms with Gasteiger partial charge in [-0.3, -0.25) is 0 Å². The first-order valence-corrected chi connectivity index (χ1v) is 16.7. The van der Waals surface area contributed by atoms with Gasteiger partial charge in [0.1, 0.15) is 0 Å². The quantitative estimate of drug-likeness (QED) is 0.103. The van der Waals surface area contributed by atoms with E-state index < -0.39 is 11.4 Å². The summed E-state index contributed by atoms with van der Waals surface area (Å²) in [7, 11) is 0. The predicted octanol–water partition coefficient (Wildman–Crippen LogP) is 11.2. The molecule has 0 aliphatic rings. The molecule has 0 aliphatic heterocycles. The lowest BCUT2D eigenvalue weighted by Crippen LogP contribution is -2.48. The SMILES string of the molecule is CCCCCCCCCCCCCCCC(C(C)C)C(CC)(CCCCCCCCCCC)C(=O)[O-].[NH4+]. The minimum absolute atomic E-state index is 0. The van der Waals surface area contributed by atoms with Gasteiger partial charge in [0, 0.05) is 11.4 Å². The lowest BCUT2D eigenvalue weighted by molar-refractivity contribution is -0.324. The lowest BCUT2D eigenvalue weighted by Gasteiger charge is -2.44. The molecule has 0 bridgehead atoms. The molecule has 0 rings (SSSR count). The van der Waals surface area contributed by atoms with Gasteiger partial charge in [0.05, 0.1) is 0 Å². The Morgan fingerprint density at radius 3 is 1.19 bits per heavy atom. The minimum atomic E-state index is -0.780. The van der Waals surface area contributed by atoms with Crippen LogP contribution >= 0.6 is 0 Å². The molecular weight excluding hydrogens is 454 g/mol. The van der Waals surface area contributed by atoms with E-state index in [-0.39, 0.29) is 12.1 Å². The number of carboxylic acid groups (broad SMARTS) is 1. The number of carboxylic acids is 1. The Morgan fingerprint density at radius 2 is 0.892 bits per heavy atom. The average molecular weight is 526 g/mol. The van der Waals surface area contributed by atoms with E-state index >= 15 is 0 Å². The molecule has 2 unspecified atom stereocenters. The third kappa shape index (κ3) is 19.2. The maximum Gasteiger partial charge on any atom is 0.0478 e. The van der Waals surface area contributed by atoms with Crippen LogP contribution in [-0.4, -0.2) is 5.97 Å². The highest BCUT2D eigenvalue weighted by Crippen LogP contribution is 2.44. The summed E-state index contributed by atoms with van der Waals surface area (Å²) in [6.07, 6.45) is 31.8. The van der Waals surface area contributed by atoms with E-state index in [0.29, 0.717) is 12.3 Å². The molecule has 37 heavy (non-hydrogen) atoms. The highest BCUT2D eigenvalue weighted by molar-refractivity contribution is 5.72. The number of hydrogen-bond acceptors (Lipinski definition) is 2. The highest BCUT2D eigenvalue weighted by atomic mass is 16.4. The Labute approximate surface area is 234 Å². The highest BCUT2D eigenvalue weighted by Gasteiger charge is 2.39. The fourth-order valence-corrected chi connectivity index (χ4v) is 6.40. The van der Waals surface area contributed by atoms with E-state index in [2.05, 4.69) is 34.6 Å². The van der Waals surface area contributed by atoms with Crippen molar-refractivity contribution in [2.45, 2.75) is 195 Å². The molecule has 4 N–H and O–H groups in total. The molecule has 0 aromatic rings. The molecule has 0 aliphatic carbocycles. The summed E-state index contributed by atoms with van der Waals surface area (Å²) in [6, 6.07) is 0. The monoisotopic (exact) mass is 526 g/mol. The van der Waals surface area contributed by atoms with Crippen LogP contribution in [0, 0.1) is 17.3 Å². The second-order valence-corrected chi connectivity index (χ2v) is 12.3. The Hall–Kier alpha value is -0.570. The van der Waals surface area contributed by atoms with Gasteiger partial charge in [-0.05, 0) is 31.1 Å². The summed E-state index contributed by atoms with van der Waals surface area (Å²) in [5.41, 5.74) is -0.633. The van der Waals surface area contributed by atoms with Crippen molar-refractivity contribution in [1.29, 1.82) is 0 Å². The second-order valence-electron chi connectivity index (χ2n) is 12.3. The second kappa shape index (κ2) is 27.0. The van der Waals surface area contributed by atoms with Crippen molar-refractivity contribution in [2.75, 3.05) is 0 Å². The lowest BCUT2D eigenvalue weighted by atomic mass is 9.64. The maximum atomic E-state index is 12.5. The molecule has 0 aromatic heterocycles. The molecule has 0 radical (unpaired) electrons. The van der Waals surface area contributed by atoms with E-state index in [1.165, 1.54) is 135 Å². The van der Waals surface area contributed by atoms with Crippen molar-refractivity contribution in [1.82, 2.24) is 6.15 Å². The van der Waals surface area contributed by atoms with Gasteiger partial charge < -0.3 is 16.1 Å². The fourth-order valence-electron chi connectivity index (χ4n) is 6.40. The first-order chi connectivity index (χ1) is 17.5. The molecule has 2 atom stereocenters. The summed E-state index contributed by atoms with van der Waals surface area (Å²) < 4.78 is 0. The number of carbonyl (C=O) groups excluding carboxylic acids is 1. The smallest absolute Gasteiger partial charge is 0.0478 e. The van der Waals surface area contributed by atoms with Gasteiger partial charge >= 0.3 is 0 Å². The minimum Gasteiger partial charge on any atom is -0.550 e. The number of aliphatic carboxylic acids is 1. The topological polar surface area (TPSA) is 76.6 Å². The van der Waals surface area contributed by atoms with Gasteiger partial charge in [0.15, 0.2) is 0 Å². The summed E-state index contributed by atoms with van der Waals surface area (Å²) in [5.74, 6) is -0.133. The van der Waals surface area contributed by atoms with Crippen molar-refractivity contribution >= 4 is 5.97 Å². The molecule has 0 saturated carbocycles. The molecule has 0 spiro atoms. The van der Waals surface area contributed by atoms with Crippen LogP contribution in [0.5, 0.6) is 0 Å². The standard InChI is InChI=1S/C34H68O2.H3N/c1-6-9-11-13-15-17-18-19-20-21-23-25-27-29-32(31(4)5)34(8-3,33(35)36)30-28-26-24-22-16-14-12-10-7-2;/h31-32H,6-30H2,1-5H3,(H,35,36);1H3. The molecule has 224 valence electrons. The van der Waals surface area contributed by atoms with Crippen molar-refractivity contribution in [3.8, 4) is 0 Å². The molecular formula is C34H71NO2. The maximum absolute atomic E-state index is 12.5. The van der Waals surface area contributed by atoms with Crippen LogP contribution in [0.25, 0.3) is 0 Å². The van der Waals surface area contributed by atoms with E-state index in [4.69, 9.17) is 0 Å². The number of rotatable bonds is 28. The molecule has 0 aromatic carbocycles. The molecule has 0 heterocycles. The van der Waals surface area contributed by atoms with E-state index in [1.54, 1.807) is 0 Å². The largest absolute Gasteiger partial charge is 0.550 e. The van der Waals surface area contributed by atoms with Crippen LogP contribution < -0.4 is 11.3 Å². The van der Waals surface area contributed by atoms with Crippen LogP contribution in [0.2, 0.25) is 0 Å². The van der Waals surface area contributed by atoms with E-state index in [9.17, 15) is 9.90 Å². The van der Waals surface area contributed by atoms with Crippen LogP contribution in [0.1, 0.15) is 195 Å². The van der Waals surface area contributed by atoms with Crippen LogP contribution in [0.15, 0.2) is 0 Å². The van der Waals surface area contributed by atoms with Crippen molar-refractivity contribution in [3.63, 3.8) is 0 Å². The van der Waals surface area contributed by atoms with E-state index in [0.717, 1.165) is 19.3 Å². The van der Waals surface area contributed by atoms with Gasteiger partial charge in [-0.1, -0.05) is 176 Å². The number of unbranched alkanes of at least 4 members (excludes halogenated alkanes) is 20. The van der Waals surface area contributed by atoms with Crippen molar-refractivity contribution in [2.24, 2.45) is 17.3 Å². The molecule has 0 saturated heterocycles. The summed E-state index contributed by atoms with van der Waals surface area (Å²) >= 11 is 0. The Balaban J connectivity index is 0. The Kier molecular flexibility index (Phi) is 28.2. The Morgan fingerprint density at radius 1 is 0.568 bits per heavy atom. The van der Waals surface area contributed by atoms with Gasteiger partial charge in [0.2, 0.25) is 0 Å². The Bertz CT molecular complexity index is 478. The zero-order valence-electron chi connectivity index (χ0n) is 26.6. The normalized spacial score (nSPS) is 13.9. The first-order valence-electron chi connectivity index (χ1n) is 16.7. The van der Waals surface area contributed by atoms with Gasteiger partial charge in [-0.25, -0.2) is 0 Å². The summed E-state index contributed by atoms with van der Waals surface area (Å²) in [4.78, 5) is 12.5. The van der Waals surface area contributed by atoms with Gasteiger partial charge in [0.25, 0.3) is 0 Å². The van der Waals surface area contributed by atoms with Gasteiger partial charge in [-0.2, -0.15) is 0 Å². The molecule has 0 amide bonds. The van der Waals surface area contributed by atoms with Crippen LogP contribution in [0.3, 0.4) is 0 Å². The molecule has 3 heteroatoms. The van der Waals surface area contributed by atoms with E-state index in [1.807, 2.05) is 0 Å². The number of quaternary nitrogens is 1. The molecule has 3 nitrogen and oxygen atoms in total. The number of carbonyl (C=O) groups is 1. The zero-order valence-corrected chi connectivity index (χ0v) is 26.6. The zero-order chi connectivity index (χ0) is 26.9. The van der Waals surface area contributed by atoms with Crippen molar-refractivity contribution < 1.29 is 9.90 Å². The fraction of sp³-hybridized carbons (Fsp3) is 0.971.